The summed E-state index contributed by atoms with van der Waals surface area (Å²) in [5.74, 6) is 0.519. The Labute approximate surface area is 214 Å². The van der Waals surface area contributed by atoms with Crippen molar-refractivity contribution in [3.8, 4) is 22.4 Å². The Kier molecular flexibility index (Phi) is 9.38. The smallest absolute Gasteiger partial charge is 0.396 e. The molecular formula is C29H30F3N3O2. The van der Waals surface area contributed by atoms with Gasteiger partial charge in [-0.3, -0.25) is 0 Å². The van der Waals surface area contributed by atoms with Gasteiger partial charge in [0.2, 0.25) is 0 Å². The van der Waals surface area contributed by atoms with Crippen LogP contribution in [0.2, 0.25) is 0 Å². The monoisotopic (exact) mass is 509 g/mol. The van der Waals surface area contributed by atoms with Gasteiger partial charge >= 0.3 is 6.18 Å². The normalized spacial score (nSPS) is 12.1. The molecule has 0 aliphatic rings. The molecular weight excluding hydrogens is 479 g/mol. The van der Waals surface area contributed by atoms with Crippen molar-refractivity contribution in [2.45, 2.75) is 31.5 Å². The van der Waals surface area contributed by atoms with E-state index in [1.54, 1.807) is 23.7 Å². The molecule has 194 valence electrons. The zero-order valence-corrected chi connectivity index (χ0v) is 20.6. The van der Waals surface area contributed by atoms with Crippen molar-refractivity contribution in [1.82, 2.24) is 9.55 Å². The number of alkyl halides is 3. The second kappa shape index (κ2) is 12.5. The maximum atomic E-state index is 14.0. The van der Waals surface area contributed by atoms with E-state index in [1.165, 1.54) is 12.3 Å². The van der Waals surface area contributed by atoms with E-state index in [2.05, 4.69) is 4.98 Å². The number of hydrogen-bond donors (Lipinski definition) is 2. The van der Waals surface area contributed by atoms with Crippen LogP contribution in [-0.4, -0.2) is 28.1 Å². The van der Waals surface area contributed by atoms with Crippen molar-refractivity contribution in [2.24, 2.45) is 12.8 Å². The number of rotatable bonds is 8. The van der Waals surface area contributed by atoms with Gasteiger partial charge < -0.3 is 20.2 Å². The molecule has 5 nitrogen and oxygen atoms in total. The lowest BCUT2D eigenvalue weighted by molar-refractivity contribution is -0.138. The van der Waals surface area contributed by atoms with E-state index in [0.29, 0.717) is 29.9 Å². The predicted octanol–water partition coefficient (Wildman–Crippen LogP) is 5.76. The first-order valence-electron chi connectivity index (χ1n) is 11.8. The van der Waals surface area contributed by atoms with Crippen molar-refractivity contribution < 1.29 is 23.1 Å². The first-order valence-corrected chi connectivity index (χ1v) is 11.8. The number of aryl methyl sites for hydroxylation is 2. The average molecular weight is 510 g/mol. The number of benzene rings is 3. The fraction of sp³-hybridized carbons (Fsp3) is 0.241. The number of hydrogen-bond acceptors (Lipinski definition) is 4. The van der Waals surface area contributed by atoms with Gasteiger partial charge in [-0.2, -0.15) is 13.2 Å². The number of aliphatic hydroxyl groups excluding tert-OH is 1. The third-order valence-electron chi connectivity index (χ3n) is 6.25. The number of nitrogens with zero attached hydrogens (tertiary/aromatic N) is 2. The van der Waals surface area contributed by atoms with Crippen molar-refractivity contribution in [2.75, 3.05) is 6.61 Å². The Morgan fingerprint density at radius 1 is 0.946 bits per heavy atom. The summed E-state index contributed by atoms with van der Waals surface area (Å²) in [4.78, 5) is 12.3. The number of aromatic nitrogens is 2. The van der Waals surface area contributed by atoms with Crippen molar-refractivity contribution in [3.63, 3.8) is 0 Å². The lowest BCUT2D eigenvalue weighted by Crippen LogP contribution is -2.17. The quantitative estimate of drug-likeness (QED) is 0.317. The van der Waals surface area contributed by atoms with Crippen LogP contribution < -0.4 is 5.73 Å². The number of nitrogens with two attached hydrogens (primary N) is 1. The Bertz CT molecular complexity index is 1290. The van der Waals surface area contributed by atoms with E-state index < -0.39 is 17.8 Å². The van der Waals surface area contributed by atoms with E-state index in [1.807, 2.05) is 61.4 Å². The van der Waals surface area contributed by atoms with Crippen LogP contribution in [0.1, 0.15) is 35.0 Å². The van der Waals surface area contributed by atoms with Crippen LogP contribution in [0.15, 0.2) is 79.0 Å². The zero-order valence-electron chi connectivity index (χ0n) is 20.6. The highest BCUT2D eigenvalue weighted by molar-refractivity contribution is 5.64. The van der Waals surface area contributed by atoms with Gasteiger partial charge in [-0.1, -0.05) is 66.7 Å². The number of carbonyl (C=O) groups is 1. The molecule has 4 aromatic rings. The summed E-state index contributed by atoms with van der Waals surface area (Å²) in [5.41, 5.74) is 9.77. The minimum atomic E-state index is -4.47. The molecule has 0 fully saturated rings. The number of imidazole rings is 1. The summed E-state index contributed by atoms with van der Waals surface area (Å²) in [6.07, 6.45) is -1.85. The summed E-state index contributed by atoms with van der Waals surface area (Å²) in [6.45, 7) is 1.91. The summed E-state index contributed by atoms with van der Waals surface area (Å²) < 4.78 is 43.6. The molecule has 0 aliphatic carbocycles. The molecule has 0 aliphatic heterocycles. The summed E-state index contributed by atoms with van der Waals surface area (Å²) in [6, 6.07) is 21.8. The van der Waals surface area contributed by atoms with Crippen LogP contribution in [0.3, 0.4) is 0 Å². The van der Waals surface area contributed by atoms with Crippen LogP contribution >= 0.6 is 0 Å². The van der Waals surface area contributed by atoms with Gasteiger partial charge in [-0.05, 0) is 47.6 Å². The maximum absolute atomic E-state index is 14.0. The molecule has 0 amide bonds. The Balaban J connectivity index is 0.00000186. The predicted molar refractivity (Wildman–Crippen MR) is 139 cm³/mol. The first-order chi connectivity index (χ1) is 17.8. The van der Waals surface area contributed by atoms with E-state index in [-0.39, 0.29) is 18.6 Å². The molecule has 1 unspecified atom stereocenters. The van der Waals surface area contributed by atoms with Crippen LogP contribution in [0, 0.1) is 0 Å². The topological polar surface area (TPSA) is 81.1 Å². The van der Waals surface area contributed by atoms with Crippen molar-refractivity contribution in [1.29, 1.82) is 0 Å². The van der Waals surface area contributed by atoms with Crippen molar-refractivity contribution >= 4 is 6.79 Å². The third kappa shape index (κ3) is 6.72. The van der Waals surface area contributed by atoms with E-state index in [0.717, 1.165) is 16.7 Å². The molecule has 0 radical (unpaired) electrons. The van der Waals surface area contributed by atoms with Crippen LogP contribution in [0.25, 0.3) is 22.4 Å². The highest BCUT2D eigenvalue weighted by atomic mass is 19.4. The second-order valence-corrected chi connectivity index (χ2v) is 8.61. The molecule has 1 aromatic heterocycles. The molecule has 1 heterocycles. The number of carbonyl (C=O) groups excluding carboxylic acids is 1. The van der Waals surface area contributed by atoms with E-state index >= 15 is 0 Å². The van der Waals surface area contributed by atoms with Crippen LogP contribution in [0.4, 0.5) is 13.2 Å². The Morgan fingerprint density at radius 2 is 1.57 bits per heavy atom. The van der Waals surface area contributed by atoms with Gasteiger partial charge in [-0.25, -0.2) is 4.98 Å². The summed E-state index contributed by atoms with van der Waals surface area (Å²) in [7, 11) is 1.72. The standard InChI is InChI=1S/C28H28F3N3O.CH2O/c1-34-26(18-33-27(34)25(32)15-16-35)23-14-13-22(24(17-23)28(29,30)31)12-9-19-7-10-21(11-8-19)20-5-3-2-4-6-20;1-2/h2-8,10-11,13-14,17-18,25,35H,9,12,15-16,32H2,1H3;1H2. The fourth-order valence-corrected chi connectivity index (χ4v) is 4.30. The van der Waals surface area contributed by atoms with Crippen molar-refractivity contribution in [3.05, 3.63) is 102 Å². The summed E-state index contributed by atoms with van der Waals surface area (Å²) in [5, 5.41) is 9.13. The van der Waals surface area contributed by atoms with Crippen LogP contribution in [0.5, 0.6) is 0 Å². The third-order valence-corrected chi connectivity index (χ3v) is 6.25. The minimum absolute atomic E-state index is 0.0920. The van der Waals surface area contributed by atoms with Gasteiger partial charge in [-0.15, -0.1) is 0 Å². The highest BCUT2D eigenvalue weighted by Crippen LogP contribution is 2.36. The minimum Gasteiger partial charge on any atom is -0.396 e. The van der Waals surface area contributed by atoms with Gasteiger partial charge in [0.05, 0.1) is 23.5 Å². The molecule has 0 bridgehead atoms. The van der Waals surface area contributed by atoms with Gasteiger partial charge in [0.25, 0.3) is 0 Å². The van der Waals surface area contributed by atoms with Gasteiger partial charge in [0.1, 0.15) is 12.6 Å². The molecule has 0 saturated heterocycles. The summed E-state index contributed by atoms with van der Waals surface area (Å²) >= 11 is 0. The van der Waals surface area contributed by atoms with Crippen LogP contribution in [-0.2, 0) is 30.9 Å². The van der Waals surface area contributed by atoms with E-state index in [4.69, 9.17) is 15.6 Å². The molecule has 37 heavy (non-hydrogen) atoms. The number of halogens is 3. The fourth-order valence-electron chi connectivity index (χ4n) is 4.30. The SMILES string of the molecule is C=O.Cn1c(-c2ccc(CCc3ccc(-c4ccccc4)cc3)c(C(F)(F)F)c2)cnc1C(N)CCO. The Morgan fingerprint density at radius 3 is 2.19 bits per heavy atom. The first kappa shape index (κ1) is 27.8. The highest BCUT2D eigenvalue weighted by Gasteiger charge is 2.33. The molecule has 4 rings (SSSR count). The largest absolute Gasteiger partial charge is 0.416 e. The molecule has 8 heteroatoms. The van der Waals surface area contributed by atoms with E-state index in [9.17, 15) is 13.2 Å². The Hall–Kier alpha value is -3.75. The molecule has 0 spiro atoms. The zero-order chi connectivity index (χ0) is 27.0. The second-order valence-electron chi connectivity index (χ2n) is 8.61. The lowest BCUT2D eigenvalue weighted by atomic mass is 9.96. The average Bonchev–Trinajstić information content (AvgIpc) is 3.30. The number of aliphatic hydroxyl groups is 1. The maximum Gasteiger partial charge on any atom is 0.416 e. The molecule has 3 N–H and O–H groups in total. The molecule has 1 atom stereocenters. The van der Waals surface area contributed by atoms with Gasteiger partial charge in [0.15, 0.2) is 0 Å². The molecule has 3 aromatic carbocycles. The molecule has 0 saturated carbocycles. The van der Waals surface area contributed by atoms with Gasteiger partial charge in [0, 0.05) is 19.2 Å². The lowest BCUT2D eigenvalue weighted by Gasteiger charge is -2.16.